The summed E-state index contributed by atoms with van der Waals surface area (Å²) in [6.45, 7) is 0. The molecule has 1 aliphatic carbocycles. The minimum atomic E-state index is -0.134. The molecule has 1 aromatic carbocycles. The third-order valence-electron chi connectivity index (χ3n) is 3.28. The number of halogens is 1. The molecular weight excluding hydrogens is 260 g/mol. The largest absolute Gasteiger partial charge is 0.335 e. The van der Waals surface area contributed by atoms with Crippen LogP contribution in [0.15, 0.2) is 30.5 Å². The van der Waals surface area contributed by atoms with E-state index in [1.807, 2.05) is 30.3 Å². The van der Waals surface area contributed by atoms with Crippen LogP contribution in [0.4, 0.5) is 4.79 Å². The Bertz CT molecular complexity index is 453. The maximum absolute atomic E-state index is 11.7. The Morgan fingerprint density at radius 1 is 1.26 bits per heavy atom. The van der Waals surface area contributed by atoms with Crippen LogP contribution in [0.1, 0.15) is 37.7 Å². The van der Waals surface area contributed by atoms with Gasteiger partial charge in [0.05, 0.1) is 0 Å². The molecule has 2 amide bonds. The van der Waals surface area contributed by atoms with Gasteiger partial charge < -0.3 is 10.6 Å². The quantitative estimate of drug-likeness (QED) is 0.864. The van der Waals surface area contributed by atoms with Gasteiger partial charge >= 0.3 is 6.03 Å². The van der Waals surface area contributed by atoms with Crippen molar-refractivity contribution in [1.29, 1.82) is 0 Å². The van der Waals surface area contributed by atoms with Gasteiger partial charge in [0.15, 0.2) is 0 Å². The highest BCUT2D eigenvalue weighted by Crippen LogP contribution is 2.17. The summed E-state index contributed by atoms with van der Waals surface area (Å²) in [5.74, 6) is 0. The second-order valence-corrected chi connectivity index (χ2v) is 5.28. The zero-order valence-electron chi connectivity index (χ0n) is 10.9. The molecule has 1 saturated carbocycles. The molecule has 0 aromatic heterocycles. The van der Waals surface area contributed by atoms with Crippen molar-refractivity contribution in [2.75, 3.05) is 0 Å². The van der Waals surface area contributed by atoms with Crippen molar-refractivity contribution in [1.82, 2.24) is 10.6 Å². The molecule has 0 aliphatic heterocycles. The summed E-state index contributed by atoms with van der Waals surface area (Å²) in [6, 6.07) is 7.67. The van der Waals surface area contributed by atoms with E-state index in [0.29, 0.717) is 11.1 Å². The lowest BCUT2D eigenvalue weighted by atomic mass is 9.96. The van der Waals surface area contributed by atoms with Gasteiger partial charge in [-0.2, -0.15) is 0 Å². The lowest BCUT2D eigenvalue weighted by Gasteiger charge is -2.22. The first-order valence-electron chi connectivity index (χ1n) is 6.73. The minimum Gasteiger partial charge on any atom is -0.335 e. The molecule has 0 atom stereocenters. The fourth-order valence-electron chi connectivity index (χ4n) is 2.30. The molecule has 2 rings (SSSR count). The summed E-state index contributed by atoms with van der Waals surface area (Å²) >= 11 is 5.88. The molecule has 0 bridgehead atoms. The monoisotopic (exact) mass is 278 g/mol. The average Bonchev–Trinajstić information content (AvgIpc) is 2.40. The summed E-state index contributed by atoms with van der Waals surface area (Å²) in [6.07, 6.45) is 9.36. The Balaban J connectivity index is 1.76. The highest BCUT2D eigenvalue weighted by atomic mass is 35.5. The van der Waals surface area contributed by atoms with Crippen molar-refractivity contribution in [3.05, 3.63) is 41.1 Å². The van der Waals surface area contributed by atoms with Gasteiger partial charge in [0.25, 0.3) is 0 Å². The molecule has 0 unspecified atom stereocenters. The fourth-order valence-corrected chi connectivity index (χ4v) is 2.50. The Labute approximate surface area is 119 Å². The molecule has 19 heavy (non-hydrogen) atoms. The molecule has 2 N–H and O–H groups in total. The van der Waals surface area contributed by atoms with Crippen LogP contribution in [0.3, 0.4) is 0 Å². The molecule has 3 nitrogen and oxygen atoms in total. The van der Waals surface area contributed by atoms with Gasteiger partial charge in [-0.1, -0.05) is 43.0 Å². The molecule has 0 heterocycles. The number of carbonyl (C=O) groups excluding carboxylic acids is 1. The van der Waals surface area contributed by atoms with Crippen LogP contribution in [-0.4, -0.2) is 12.1 Å². The van der Waals surface area contributed by atoms with Crippen LogP contribution in [-0.2, 0) is 0 Å². The summed E-state index contributed by atoms with van der Waals surface area (Å²) in [5.41, 5.74) is 0.963. The Morgan fingerprint density at radius 2 is 2.05 bits per heavy atom. The van der Waals surface area contributed by atoms with Gasteiger partial charge in [-0.25, -0.2) is 4.79 Å². The number of rotatable bonds is 3. The topological polar surface area (TPSA) is 41.1 Å². The van der Waals surface area contributed by atoms with E-state index in [4.69, 9.17) is 11.6 Å². The molecule has 0 saturated heterocycles. The van der Waals surface area contributed by atoms with Gasteiger partial charge in [0.2, 0.25) is 0 Å². The summed E-state index contributed by atoms with van der Waals surface area (Å²) in [7, 11) is 0. The predicted octanol–water partition coefficient (Wildman–Crippen LogP) is 3.94. The summed E-state index contributed by atoms with van der Waals surface area (Å²) in [4.78, 5) is 11.7. The van der Waals surface area contributed by atoms with Crippen LogP contribution in [0, 0.1) is 0 Å². The zero-order chi connectivity index (χ0) is 13.5. The first kappa shape index (κ1) is 13.9. The first-order valence-corrected chi connectivity index (χ1v) is 7.11. The Kier molecular flexibility index (Phi) is 5.28. The smallest absolute Gasteiger partial charge is 0.318 e. The summed E-state index contributed by atoms with van der Waals surface area (Å²) in [5, 5.41) is 6.40. The molecule has 1 aromatic rings. The molecule has 4 heteroatoms. The molecule has 0 spiro atoms. The highest BCUT2D eigenvalue weighted by Gasteiger charge is 2.14. The fraction of sp³-hybridized carbons (Fsp3) is 0.400. The van der Waals surface area contributed by atoms with Crippen molar-refractivity contribution in [2.45, 2.75) is 38.1 Å². The third kappa shape index (κ3) is 4.95. The second kappa shape index (κ2) is 7.19. The van der Waals surface area contributed by atoms with E-state index < -0.39 is 0 Å². The van der Waals surface area contributed by atoms with Crippen LogP contribution in [0.5, 0.6) is 0 Å². The molecular formula is C15H19ClN2O. The normalized spacial score (nSPS) is 16.5. The minimum absolute atomic E-state index is 0.134. The third-order valence-corrected chi connectivity index (χ3v) is 3.51. The van der Waals surface area contributed by atoms with Gasteiger partial charge in [0, 0.05) is 17.3 Å². The number of carbonyl (C=O) groups is 1. The van der Waals surface area contributed by atoms with Crippen molar-refractivity contribution in [3.63, 3.8) is 0 Å². The molecule has 102 valence electrons. The van der Waals surface area contributed by atoms with E-state index in [-0.39, 0.29) is 6.03 Å². The number of urea groups is 1. The lowest BCUT2D eigenvalue weighted by Crippen LogP contribution is -2.40. The predicted molar refractivity (Wildman–Crippen MR) is 79.0 cm³/mol. The van der Waals surface area contributed by atoms with Crippen molar-refractivity contribution in [3.8, 4) is 0 Å². The average molecular weight is 279 g/mol. The van der Waals surface area contributed by atoms with E-state index in [2.05, 4.69) is 10.6 Å². The SMILES string of the molecule is O=C(N/C=C/c1cccc(Cl)c1)NC1CCCCC1. The highest BCUT2D eigenvalue weighted by molar-refractivity contribution is 6.30. The number of benzene rings is 1. The van der Waals surface area contributed by atoms with Gasteiger partial charge in [-0.3, -0.25) is 0 Å². The molecule has 1 aliphatic rings. The molecule has 1 fully saturated rings. The van der Waals surface area contributed by atoms with E-state index in [1.54, 1.807) is 6.20 Å². The second-order valence-electron chi connectivity index (χ2n) is 4.84. The van der Waals surface area contributed by atoms with Crippen LogP contribution in [0.2, 0.25) is 5.02 Å². The molecule has 0 radical (unpaired) electrons. The van der Waals surface area contributed by atoms with E-state index in [0.717, 1.165) is 18.4 Å². The van der Waals surface area contributed by atoms with Crippen molar-refractivity contribution >= 4 is 23.7 Å². The Hall–Kier alpha value is -1.48. The maximum Gasteiger partial charge on any atom is 0.318 e. The van der Waals surface area contributed by atoms with Gasteiger partial charge in [-0.15, -0.1) is 0 Å². The van der Waals surface area contributed by atoms with Crippen LogP contribution >= 0.6 is 11.6 Å². The van der Waals surface area contributed by atoms with E-state index >= 15 is 0 Å². The van der Waals surface area contributed by atoms with E-state index in [1.165, 1.54) is 19.3 Å². The van der Waals surface area contributed by atoms with Crippen LogP contribution < -0.4 is 10.6 Å². The van der Waals surface area contributed by atoms with E-state index in [9.17, 15) is 4.79 Å². The lowest BCUT2D eigenvalue weighted by molar-refractivity contribution is 0.236. The zero-order valence-corrected chi connectivity index (χ0v) is 11.6. The first-order chi connectivity index (χ1) is 9.24. The van der Waals surface area contributed by atoms with Gasteiger partial charge in [-0.05, 0) is 36.6 Å². The van der Waals surface area contributed by atoms with Crippen molar-refractivity contribution < 1.29 is 4.79 Å². The number of hydrogen-bond acceptors (Lipinski definition) is 1. The number of hydrogen-bond donors (Lipinski definition) is 2. The van der Waals surface area contributed by atoms with Gasteiger partial charge in [0.1, 0.15) is 0 Å². The number of nitrogens with one attached hydrogen (secondary N) is 2. The summed E-state index contributed by atoms with van der Waals surface area (Å²) < 4.78 is 0. The standard InChI is InChI=1S/C15H19ClN2O/c16-13-6-4-5-12(11-13)9-10-17-15(19)18-14-7-2-1-3-8-14/h4-6,9-11,14H,1-3,7-8H2,(H2,17,18,19)/b10-9+. The Morgan fingerprint density at radius 3 is 2.79 bits per heavy atom. The maximum atomic E-state index is 11.7. The van der Waals surface area contributed by atoms with Crippen molar-refractivity contribution in [2.24, 2.45) is 0 Å². The number of amides is 2. The van der Waals surface area contributed by atoms with Crippen LogP contribution in [0.25, 0.3) is 6.08 Å².